The largest absolute Gasteiger partial charge is 0.493 e. The first kappa shape index (κ1) is 29.9. The third-order valence-corrected chi connectivity index (χ3v) is 8.56. The summed E-state index contributed by atoms with van der Waals surface area (Å²) in [5.41, 5.74) is 2.13. The number of likely N-dealkylation sites (tertiary alicyclic amines) is 1. The van der Waals surface area contributed by atoms with E-state index in [1.807, 2.05) is 33.8 Å². The Morgan fingerprint density at radius 1 is 1.25 bits per heavy atom. The molecule has 4 atom stereocenters. The highest BCUT2D eigenvalue weighted by Gasteiger charge is 2.58. The van der Waals surface area contributed by atoms with Gasteiger partial charge in [-0.25, -0.2) is 4.79 Å². The van der Waals surface area contributed by atoms with Crippen LogP contribution in [0.3, 0.4) is 0 Å². The van der Waals surface area contributed by atoms with Crippen LogP contribution in [-0.2, 0) is 35.7 Å². The fourth-order valence-corrected chi connectivity index (χ4v) is 6.29. The molecule has 1 N–H and O–H groups in total. The van der Waals surface area contributed by atoms with Crippen LogP contribution in [0.25, 0.3) is 0 Å². The fourth-order valence-electron chi connectivity index (χ4n) is 6.29. The maximum Gasteiger partial charge on any atom is 0.328 e. The molecule has 2 aliphatic heterocycles. The molecule has 0 saturated carbocycles. The van der Waals surface area contributed by atoms with E-state index < -0.39 is 30.0 Å². The van der Waals surface area contributed by atoms with Gasteiger partial charge in [0.15, 0.2) is 17.6 Å². The topological polar surface area (TPSA) is 103 Å². The van der Waals surface area contributed by atoms with Gasteiger partial charge in [0.2, 0.25) is 5.91 Å². The molecule has 1 aromatic carbocycles. The number of amides is 1. The summed E-state index contributed by atoms with van der Waals surface area (Å²) in [5, 5.41) is 2.73. The molecule has 1 fully saturated rings. The molecule has 1 aromatic rings. The molecule has 2 bridgehead atoms. The van der Waals surface area contributed by atoms with Crippen molar-refractivity contribution in [2.75, 3.05) is 27.3 Å². The summed E-state index contributed by atoms with van der Waals surface area (Å²) in [6.45, 7) is 8.78. The van der Waals surface area contributed by atoms with Crippen LogP contribution in [0.5, 0.6) is 11.5 Å². The zero-order valence-corrected chi connectivity index (χ0v) is 24.7. The average Bonchev–Trinajstić information content (AvgIpc) is 3.26. The number of ether oxygens (including phenoxy) is 4. The van der Waals surface area contributed by atoms with Gasteiger partial charge in [-0.3, -0.25) is 9.59 Å². The Morgan fingerprint density at radius 2 is 2.02 bits per heavy atom. The number of nitrogens with zero attached hydrogens (tertiary/aromatic N) is 1. The molecule has 4 rings (SSSR count). The highest BCUT2D eigenvalue weighted by atomic mass is 16.6. The number of allylic oxidation sites excluding steroid dienone is 1. The number of piperidine rings is 1. The molecule has 0 radical (unpaired) electrons. The van der Waals surface area contributed by atoms with Gasteiger partial charge < -0.3 is 29.2 Å². The number of hydrogen-bond donors (Lipinski definition) is 1. The van der Waals surface area contributed by atoms with Crippen LogP contribution in [-0.4, -0.2) is 68.2 Å². The standard InChI is InChI=1S/C31H44N2O7/c1-7-9-16-38-30(36)27(19(3)4)32-24(34)12-13-25(35)39-22(8-2)29-31-14-15-33(5)21(18-31)17-20-10-11-23(37-6)28(40-29)26(20)31/h8,10-11,19,21,27,29H,7,9,12-18H2,1-6H3,(H,32,34)/b22-8+/t21?,27?,29-,31-/m0/s1. The molecular weight excluding hydrogens is 512 g/mol. The molecule has 2 heterocycles. The molecule has 1 spiro atoms. The van der Waals surface area contributed by atoms with Gasteiger partial charge in [-0.15, -0.1) is 0 Å². The summed E-state index contributed by atoms with van der Waals surface area (Å²) in [4.78, 5) is 40.5. The van der Waals surface area contributed by atoms with Gasteiger partial charge in [-0.05, 0) is 69.8 Å². The van der Waals surface area contributed by atoms with Crippen molar-refractivity contribution in [2.45, 2.75) is 96.2 Å². The molecule has 9 nitrogen and oxygen atoms in total. The molecule has 1 amide bonds. The SMILES string of the molecule is C/C=C(/OC(=O)CCC(=O)NC(C(=O)OCCCC)C(C)C)[C@@H]1Oc2c(OC)ccc3c2[C@@]12CCN(C)C(C3)C2. The summed E-state index contributed by atoms with van der Waals surface area (Å²) in [6, 6.07) is 3.71. The number of benzene rings is 1. The second-order valence-electron chi connectivity index (χ2n) is 11.6. The minimum Gasteiger partial charge on any atom is -0.493 e. The highest BCUT2D eigenvalue weighted by molar-refractivity contribution is 5.86. The minimum absolute atomic E-state index is 0.0942. The molecule has 1 saturated heterocycles. The Hall–Kier alpha value is -3.07. The van der Waals surface area contributed by atoms with Gasteiger partial charge in [-0.2, -0.15) is 0 Å². The normalized spacial score (nSPS) is 24.1. The Morgan fingerprint density at radius 3 is 2.70 bits per heavy atom. The zero-order valence-electron chi connectivity index (χ0n) is 24.7. The number of esters is 2. The van der Waals surface area contributed by atoms with E-state index in [-0.39, 0.29) is 24.2 Å². The average molecular weight is 557 g/mol. The smallest absolute Gasteiger partial charge is 0.328 e. The summed E-state index contributed by atoms with van der Waals surface area (Å²) in [5.74, 6) is 0.380. The first-order chi connectivity index (χ1) is 19.1. The van der Waals surface area contributed by atoms with Crippen molar-refractivity contribution in [2.24, 2.45) is 5.92 Å². The minimum atomic E-state index is -0.760. The lowest BCUT2D eigenvalue weighted by Gasteiger charge is -2.49. The molecule has 3 aliphatic rings. The second kappa shape index (κ2) is 12.6. The van der Waals surface area contributed by atoms with E-state index in [4.69, 9.17) is 18.9 Å². The van der Waals surface area contributed by atoms with Crippen LogP contribution in [0.15, 0.2) is 24.0 Å². The lowest BCUT2D eigenvalue weighted by molar-refractivity contribution is -0.149. The number of methoxy groups -OCH3 is 1. The van der Waals surface area contributed by atoms with Crippen molar-refractivity contribution >= 4 is 17.8 Å². The third kappa shape index (κ3) is 5.85. The van der Waals surface area contributed by atoms with Gasteiger partial charge in [0.1, 0.15) is 11.8 Å². The second-order valence-corrected chi connectivity index (χ2v) is 11.6. The quantitative estimate of drug-likeness (QED) is 0.234. The number of rotatable bonds is 12. The Bertz CT molecular complexity index is 1150. The van der Waals surface area contributed by atoms with Gasteiger partial charge in [0.05, 0.1) is 20.1 Å². The van der Waals surface area contributed by atoms with Crippen molar-refractivity contribution in [1.82, 2.24) is 10.2 Å². The maximum atomic E-state index is 13.0. The van der Waals surface area contributed by atoms with Gasteiger partial charge >= 0.3 is 11.9 Å². The zero-order chi connectivity index (χ0) is 29.0. The van der Waals surface area contributed by atoms with Crippen LogP contribution >= 0.6 is 0 Å². The lowest BCUT2D eigenvalue weighted by Crippen LogP contribution is -2.55. The summed E-state index contributed by atoms with van der Waals surface area (Å²) < 4.78 is 23.4. The molecule has 0 aromatic heterocycles. The molecule has 9 heteroatoms. The van der Waals surface area contributed by atoms with Crippen LogP contribution in [0.2, 0.25) is 0 Å². The number of likely N-dealkylation sites (N-methyl/N-ethyl adjacent to an activating group) is 1. The van der Waals surface area contributed by atoms with E-state index in [1.165, 1.54) is 11.1 Å². The summed E-state index contributed by atoms with van der Waals surface area (Å²) in [6.07, 6.45) is 5.53. The molecule has 2 unspecified atom stereocenters. The fraction of sp³-hybridized carbons (Fsp3) is 0.645. The van der Waals surface area contributed by atoms with Crippen molar-refractivity contribution in [1.29, 1.82) is 0 Å². The van der Waals surface area contributed by atoms with E-state index >= 15 is 0 Å². The number of fused-ring (bicyclic) bond motifs is 1. The summed E-state index contributed by atoms with van der Waals surface area (Å²) in [7, 11) is 3.80. The third-order valence-electron chi connectivity index (χ3n) is 8.56. The first-order valence-corrected chi connectivity index (χ1v) is 14.5. The van der Waals surface area contributed by atoms with Crippen LogP contribution in [0, 0.1) is 5.92 Å². The number of carbonyl (C=O) groups is 3. The van der Waals surface area contributed by atoms with Crippen LogP contribution < -0.4 is 14.8 Å². The van der Waals surface area contributed by atoms with Crippen molar-refractivity contribution in [3.63, 3.8) is 0 Å². The lowest BCUT2D eigenvalue weighted by atomic mass is 9.61. The molecule has 1 aliphatic carbocycles. The first-order valence-electron chi connectivity index (χ1n) is 14.5. The summed E-state index contributed by atoms with van der Waals surface area (Å²) >= 11 is 0. The predicted octanol–water partition coefficient (Wildman–Crippen LogP) is 4.06. The number of hydrogen-bond acceptors (Lipinski definition) is 8. The number of unbranched alkanes of at least 4 members (excludes halogenated alkanes) is 1. The number of nitrogens with one attached hydrogen (secondary N) is 1. The van der Waals surface area contributed by atoms with E-state index in [0.29, 0.717) is 24.2 Å². The van der Waals surface area contributed by atoms with Gasteiger partial charge in [0, 0.05) is 23.4 Å². The van der Waals surface area contributed by atoms with Crippen molar-refractivity contribution in [3.05, 3.63) is 35.1 Å². The Labute approximate surface area is 237 Å². The Balaban J connectivity index is 1.42. The molecule has 220 valence electrons. The van der Waals surface area contributed by atoms with E-state index in [2.05, 4.69) is 23.3 Å². The van der Waals surface area contributed by atoms with Gasteiger partial charge in [0.25, 0.3) is 0 Å². The monoisotopic (exact) mass is 556 g/mol. The van der Waals surface area contributed by atoms with Crippen LogP contribution in [0.4, 0.5) is 0 Å². The van der Waals surface area contributed by atoms with Crippen molar-refractivity contribution in [3.8, 4) is 11.5 Å². The van der Waals surface area contributed by atoms with Crippen molar-refractivity contribution < 1.29 is 33.3 Å². The van der Waals surface area contributed by atoms with Gasteiger partial charge in [-0.1, -0.05) is 33.3 Å². The van der Waals surface area contributed by atoms with E-state index in [1.54, 1.807) is 13.2 Å². The Kier molecular flexibility index (Phi) is 9.44. The molecular formula is C31H44N2O7. The molecule has 40 heavy (non-hydrogen) atoms. The van der Waals surface area contributed by atoms with Crippen LogP contribution in [0.1, 0.15) is 77.3 Å². The maximum absolute atomic E-state index is 13.0. The van der Waals surface area contributed by atoms with E-state index in [0.717, 1.165) is 44.4 Å². The van der Waals surface area contributed by atoms with E-state index in [9.17, 15) is 14.4 Å². The highest BCUT2D eigenvalue weighted by Crippen LogP contribution is 2.59. The predicted molar refractivity (Wildman–Crippen MR) is 150 cm³/mol. The number of carbonyl (C=O) groups excluding carboxylic acids is 3.